The van der Waals surface area contributed by atoms with Gasteiger partial charge in [0, 0.05) is 50.6 Å². The molecular formula is C48H33N3. The molecule has 0 aliphatic carbocycles. The quantitative estimate of drug-likeness (QED) is 0.188. The van der Waals surface area contributed by atoms with Gasteiger partial charge in [0.05, 0.1) is 16.5 Å². The molecule has 1 aromatic heterocycles. The van der Waals surface area contributed by atoms with Gasteiger partial charge < -0.3 is 14.4 Å². The molecule has 1 aliphatic heterocycles. The molecular weight excluding hydrogens is 619 g/mol. The lowest BCUT2D eigenvalue weighted by molar-refractivity contribution is 1.18. The fourth-order valence-corrected chi connectivity index (χ4v) is 7.46. The lowest BCUT2D eigenvalue weighted by Gasteiger charge is -2.28. The number of benzene rings is 8. The van der Waals surface area contributed by atoms with E-state index in [1.54, 1.807) is 0 Å². The molecule has 51 heavy (non-hydrogen) atoms. The molecule has 240 valence electrons. The molecule has 0 unspecified atom stereocenters. The molecule has 0 saturated heterocycles. The number of fused-ring (bicyclic) bond motifs is 13. The van der Waals surface area contributed by atoms with Gasteiger partial charge in [-0.15, -0.1) is 0 Å². The predicted octanol–water partition coefficient (Wildman–Crippen LogP) is 13.4. The van der Waals surface area contributed by atoms with Crippen molar-refractivity contribution in [3.8, 4) is 27.9 Å². The van der Waals surface area contributed by atoms with Crippen LogP contribution in [0.4, 0.5) is 34.1 Å². The minimum atomic E-state index is -0.249. The summed E-state index contributed by atoms with van der Waals surface area (Å²) in [6.07, 6.45) is 0. The van der Waals surface area contributed by atoms with Crippen molar-refractivity contribution >= 4 is 55.9 Å². The van der Waals surface area contributed by atoms with Gasteiger partial charge in [-0.25, -0.2) is 0 Å². The summed E-state index contributed by atoms with van der Waals surface area (Å²) in [5, 5.41) is 1.24. The van der Waals surface area contributed by atoms with Crippen LogP contribution in [0.15, 0.2) is 200 Å². The summed E-state index contributed by atoms with van der Waals surface area (Å²) in [7, 11) is 0. The molecule has 3 heteroatoms. The van der Waals surface area contributed by atoms with Gasteiger partial charge >= 0.3 is 0 Å². The van der Waals surface area contributed by atoms with Crippen LogP contribution in [0.5, 0.6) is 0 Å². The maximum Gasteiger partial charge on any atom is 0.0645 e. The molecule has 8 aromatic carbocycles. The van der Waals surface area contributed by atoms with Gasteiger partial charge in [-0.1, -0.05) is 103 Å². The lowest BCUT2D eigenvalue weighted by atomic mass is 10.00. The van der Waals surface area contributed by atoms with Crippen molar-refractivity contribution < 1.29 is 5.48 Å². The Bertz CT molecular complexity index is 2850. The van der Waals surface area contributed by atoms with E-state index in [1.165, 1.54) is 0 Å². The number of hydrogen-bond acceptors (Lipinski definition) is 2. The van der Waals surface area contributed by atoms with Gasteiger partial charge in [0.15, 0.2) is 0 Å². The van der Waals surface area contributed by atoms with E-state index in [0.29, 0.717) is 10.9 Å². The molecule has 8 bridgehead atoms. The molecule has 0 fully saturated rings. The number of aromatic nitrogens is 1. The number of nitrogens with zero attached hydrogens (tertiary/aromatic N) is 3. The SMILES string of the molecule is [2H]c1c([2H])c([2H])c2c(c1[2H])c1cc(N3c4cccc(c4)-c4cccc(c4)N(c4ccccc4)c4cccc(c4)-c4cccc3c4)ccc1n2-c1ccccc1. The fraction of sp³-hybridized carbons (Fsp3) is 0. The summed E-state index contributed by atoms with van der Waals surface area (Å²) in [6.45, 7) is 0. The minimum Gasteiger partial charge on any atom is -0.310 e. The summed E-state index contributed by atoms with van der Waals surface area (Å²) in [4.78, 5) is 4.54. The molecule has 0 radical (unpaired) electrons. The molecule has 2 heterocycles. The molecule has 0 spiro atoms. The average molecular weight is 656 g/mol. The standard InChI is InChI=1S/C48H33N3/c1-3-17-38(18-4-1)49-40-21-9-13-34(29-40)36-15-11-23-42(31-36)50(43-24-12-16-37(32-43)35-14-10-22-41(49)30-35)44-27-28-48-46(33-44)45-25-7-8-26-47(45)51(48)39-19-5-2-6-20-39/h1-33H/i7D,8D,25D,26D. The van der Waals surface area contributed by atoms with Gasteiger partial charge in [-0.3, -0.25) is 0 Å². The second kappa shape index (κ2) is 11.9. The number of anilines is 6. The Morgan fingerprint density at radius 3 is 1.27 bits per heavy atom. The Hall–Kier alpha value is -6.84. The zero-order valence-corrected chi connectivity index (χ0v) is 27.6. The van der Waals surface area contributed by atoms with E-state index >= 15 is 0 Å². The van der Waals surface area contributed by atoms with Crippen LogP contribution < -0.4 is 9.80 Å². The molecule has 10 rings (SSSR count). The molecule has 0 saturated carbocycles. The summed E-state index contributed by atoms with van der Waals surface area (Å²) < 4.78 is 37.3. The third-order valence-corrected chi connectivity index (χ3v) is 9.75. The maximum atomic E-state index is 9.11. The highest BCUT2D eigenvalue weighted by atomic mass is 15.1. The summed E-state index contributed by atoms with van der Waals surface area (Å²) in [6, 6.07) is 60.3. The second-order valence-electron chi connectivity index (χ2n) is 12.8. The number of para-hydroxylation sites is 3. The zero-order valence-electron chi connectivity index (χ0n) is 31.6. The Labute approximate surface area is 303 Å². The summed E-state index contributed by atoms with van der Waals surface area (Å²) in [5.41, 5.74) is 12.4. The minimum absolute atomic E-state index is 0.0536. The van der Waals surface area contributed by atoms with Crippen LogP contribution in [0.2, 0.25) is 0 Å². The highest BCUT2D eigenvalue weighted by molar-refractivity contribution is 6.10. The van der Waals surface area contributed by atoms with Crippen molar-refractivity contribution in [3.05, 3.63) is 200 Å². The first-order chi connectivity index (χ1) is 26.9. The maximum absolute atomic E-state index is 9.11. The van der Waals surface area contributed by atoms with Crippen molar-refractivity contribution in [1.82, 2.24) is 4.57 Å². The number of rotatable bonds is 3. The van der Waals surface area contributed by atoms with Crippen molar-refractivity contribution in [3.63, 3.8) is 0 Å². The molecule has 0 amide bonds. The van der Waals surface area contributed by atoms with Crippen LogP contribution in [-0.4, -0.2) is 4.57 Å². The van der Waals surface area contributed by atoms with Crippen molar-refractivity contribution in [2.45, 2.75) is 0 Å². The van der Waals surface area contributed by atoms with E-state index in [4.69, 9.17) is 5.48 Å². The zero-order chi connectivity index (χ0) is 37.2. The monoisotopic (exact) mass is 655 g/mol. The van der Waals surface area contributed by atoms with E-state index in [0.717, 1.165) is 73.0 Å². The van der Waals surface area contributed by atoms with Gasteiger partial charge in [0.25, 0.3) is 0 Å². The normalized spacial score (nSPS) is 13.3. The Morgan fingerprint density at radius 2 is 0.745 bits per heavy atom. The highest BCUT2D eigenvalue weighted by Gasteiger charge is 2.20. The van der Waals surface area contributed by atoms with Crippen LogP contribution in [0.1, 0.15) is 5.48 Å². The first-order valence-corrected chi connectivity index (χ1v) is 17.1. The Kier molecular flexibility index (Phi) is 5.89. The lowest BCUT2D eigenvalue weighted by Crippen LogP contribution is -2.11. The van der Waals surface area contributed by atoms with Gasteiger partial charge in [0.1, 0.15) is 0 Å². The first kappa shape index (κ1) is 25.2. The van der Waals surface area contributed by atoms with Gasteiger partial charge in [-0.2, -0.15) is 0 Å². The third kappa shape index (κ3) is 4.98. The predicted molar refractivity (Wildman–Crippen MR) is 215 cm³/mol. The second-order valence-corrected chi connectivity index (χ2v) is 12.8. The molecule has 0 atom stereocenters. The van der Waals surface area contributed by atoms with E-state index in [9.17, 15) is 0 Å². The van der Waals surface area contributed by atoms with E-state index in [2.05, 4.69) is 143 Å². The van der Waals surface area contributed by atoms with Crippen molar-refractivity contribution in [1.29, 1.82) is 0 Å². The van der Waals surface area contributed by atoms with Crippen LogP contribution in [0.3, 0.4) is 0 Å². The van der Waals surface area contributed by atoms with E-state index in [1.807, 2.05) is 47.0 Å². The first-order valence-electron chi connectivity index (χ1n) is 19.1. The molecule has 1 aliphatic rings. The topological polar surface area (TPSA) is 11.4 Å². The third-order valence-electron chi connectivity index (χ3n) is 9.75. The van der Waals surface area contributed by atoms with Crippen LogP contribution in [0.25, 0.3) is 49.7 Å². The van der Waals surface area contributed by atoms with Gasteiger partial charge in [-0.05, 0) is 119 Å². The molecule has 3 nitrogen and oxygen atoms in total. The van der Waals surface area contributed by atoms with Crippen molar-refractivity contribution in [2.24, 2.45) is 0 Å². The Morgan fingerprint density at radius 1 is 0.314 bits per heavy atom. The van der Waals surface area contributed by atoms with Crippen LogP contribution in [-0.2, 0) is 0 Å². The van der Waals surface area contributed by atoms with E-state index < -0.39 is 0 Å². The number of hydrogen-bond donors (Lipinski definition) is 0. The summed E-state index contributed by atoms with van der Waals surface area (Å²) in [5.74, 6) is 0. The highest BCUT2D eigenvalue weighted by Crippen LogP contribution is 2.43. The van der Waals surface area contributed by atoms with Crippen LogP contribution >= 0.6 is 0 Å². The summed E-state index contributed by atoms with van der Waals surface area (Å²) >= 11 is 0. The van der Waals surface area contributed by atoms with Gasteiger partial charge in [0.2, 0.25) is 0 Å². The largest absolute Gasteiger partial charge is 0.310 e. The average Bonchev–Trinajstić information content (AvgIpc) is 3.58. The van der Waals surface area contributed by atoms with Crippen molar-refractivity contribution in [2.75, 3.05) is 9.80 Å². The Balaban J connectivity index is 1.24. The van der Waals surface area contributed by atoms with Crippen LogP contribution in [0, 0.1) is 0 Å². The molecule has 9 aromatic rings. The molecule has 0 N–H and O–H groups in total. The smallest absolute Gasteiger partial charge is 0.0645 e. The fourth-order valence-electron chi connectivity index (χ4n) is 7.46. The van der Waals surface area contributed by atoms with E-state index in [-0.39, 0.29) is 24.2 Å².